The zero-order chi connectivity index (χ0) is 23.8. The van der Waals surface area contributed by atoms with Crippen LogP contribution >= 0.6 is 0 Å². The molecule has 0 saturated carbocycles. The van der Waals surface area contributed by atoms with E-state index in [1.165, 1.54) is 31.9 Å². The summed E-state index contributed by atoms with van der Waals surface area (Å²) in [6, 6.07) is 3.54. The van der Waals surface area contributed by atoms with Gasteiger partial charge < -0.3 is 28.4 Å². The molecule has 1 aromatic rings. The number of ether oxygens (including phenoxy) is 3. The van der Waals surface area contributed by atoms with Crippen LogP contribution in [-0.4, -0.2) is 72.9 Å². The van der Waals surface area contributed by atoms with Crippen molar-refractivity contribution < 1.29 is 49.9 Å². The summed E-state index contributed by atoms with van der Waals surface area (Å²) in [5, 5.41) is 9.92. The number of morpholine rings is 1. The third kappa shape index (κ3) is 8.11. The first kappa shape index (κ1) is 26.2. The second-order valence-corrected chi connectivity index (χ2v) is 9.07. The second kappa shape index (κ2) is 11.2. The number of aryl methyl sites for hydroxylation is 1. The monoisotopic (exact) mass is 484 g/mol. The first-order chi connectivity index (χ1) is 14.9. The van der Waals surface area contributed by atoms with Gasteiger partial charge in [0, 0.05) is 5.69 Å². The highest BCUT2D eigenvalue weighted by molar-refractivity contribution is 7.86. The molecule has 2 aliphatic heterocycles. The molecule has 1 aromatic heterocycles. The van der Waals surface area contributed by atoms with Crippen LogP contribution in [0.3, 0.4) is 0 Å². The fourth-order valence-electron chi connectivity index (χ4n) is 3.17. The first-order valence-corrected chi connectivity index (χ1v) is 11.4. The van der Waals surface area contributed by atoms with Gasteiger partial charge in [-0.2, -0.15) is 13.2 Å². The lowest BCUT2D eigenvalue weighted by Crippen LogP contribution is -2.52. The Morgan fingerprint density at radius 1 is 1.16 bits per heavy atom. The maximum absolute atomic E-state index is 10.7. The summed E-state index contributed by atoms with van der Waals surface area (Å²) >= 11 is 0. The van der Waals surface area contributed by atoms with Crippen LogP contribution in [0.5, 0.6) is 5.75 Å². The number of unbranched alkanes of at least 4 members (excludes halogenated alkanes) is 2. The molecular formula is C19H27F3N2O7S. The molecule has 2 aliphatic rings. The van der Waals surface area contributed by atoms with Crippen molar-refractivity contribution in [2.75, 3.05) is 39.9 Å². The summed E-state index contributed by atoms with van der Waals surface area (Å²) < 4.78 is 76.0. The molecular weight excluding hydrogens is 457 g/mol. The Balaban J connectivity index is 0.000000390. The Bertz CT molecular complexity index is 864. The summed E-state index contributed by atoms with van der Waals surface area (Å²) in [6.07, 6.45) is 6.71. The van der Waals surface area contributed by atoms with E-state index in [9.17, 15) is 18.3 Å². The largest absolute Gasteiger partial charge is 0.741 e. The van der Waals surface area contributed by atoms with Crippen molar-refractivity contribution in [3.8, 4) is 5.75 Å². The van der Waals surface area contributed by atoms with E-state index < -0.39 is 21.9 Å². The number of hydrogen-bond acceptors (Lipinski definition) is 8. The quantitative estimate of drug-likeness (QED) is 0.272. The molecule has 32 heavy (non-hydrogen) atoms. The van der Waals surface area contributed by atoms with Gasteiger partial charge in [0.05, 0.1) is 26.8 Å². The van der Waals surface area contributed by atoms with Crippen LogP contribution in [0.4, 0.5) is 13.2 Å². The average Bonchev–Trinajstić information content (AvgIpc) is 3.23. The highest BCUT2D eigenvalue weighted by Crippen LogP contribution is 2.29. The van der Waals surface area contributed by atoms with Crippen molar-refractivity contribution in [3.63, 3.8) is 0 Å². The summed E-state index contributed by atoms with van der Waals surface area (Å²) in [5.41, 5.74) is -4.23. The molecule has 1 fully saturated rings. The number of quaternary nitrogens is 1. The molecule has 0 aromatic carbocycles. The van der Waals surface area contributed by atoms with Gasteiger partial charge in [-0.25, -0.2) is 13.4 Å². The zero-order valence-electron chi connectivity index (χ0n) is 17.6. The number of alkyl halides is 3. The Labute approximate surface area is 184 Å². The van der Waals surface area contributed by atoms with Crippen molar-refractivity contribution in [2.45, 2.75) is 37.5 Å². The lowest BCUT2D eigenvalue weighted by Gasteiger charge is -2.37. The van der Waals surface area contributed by atoms with E-state index in [4.69, 9.17) is 27.2 Å². The molecule has 13 heteroatoms. The Morgan fingerprint density at radius 3 is 2.31 bits per heavy atom. The summed E-state index contributed by atoms with van der Waals surface area (Å²) in [6.45, 7) is 5.23. The van der Waals surface area contributed by atoms with Crippen LogP contribution in [0, 0.1) is 0 Å². The summed E-state index contributed by atoms with van der Waals surface area (Å²) in [4.78, 5) is 4.49. The van der Waals surface area contributed by atoms with Crippen LogP contribution in [0.1, 0.15) is 36.9 Å². The van der Waals surface area contributed by atoms with Gasteiger partial charge in [-0.15, -0.1) is 0 Å². The topological polar surface area (TPSA) is 118 Å². The Morgan fingerprint density at radius 2 is 1.75 bits per heavy atom. The molecule has 3 heterocycles. The van der Waals surface area contributed by atoms with Gasteiger partial charge in [-0.05, 0) is 37.8 Å². The van der Waals surface area contributed by atoms with Gasteiger partial charge in [0.2, 0.25) is 0 Å². The maximum atomic E-state index is 10.7. The highest BCUT2D eigenvalue weighted by Gasteiger charge is 2.37. The number of pyridine rings is 1. The molecule has 1 N–H and O–H groups in total. The number of likely N-dealkylation sites (N-methyl/N-ethyl adjacent to an activating group) is 1. The van der Waals surface area contributed by atoms with Gasteiger partial charge in [0.1, 0.15) is 31.4 Å². The number of aromatic nitrogens is 1. The molecule has 9 nitrogen and oxygen atoms in total. The van der Waals surface area contributed by atoms with Crippen molar-refractivity contribution >= 4 is 10.1 Å². The van der Waals surface area contributed by atoms with Crippen LogP contribution in [0.15, 0.2) is 24.7 Å². The Hall–Kier alpha value is -2.09. The van der Waals surface area contributed by atoms with E-state index in [-0.39, 0.29) is 5.75 Å². The van der Waals surface area contributed by atoms with E-state index in [0.29, 0.717) is 5.69 Å². The van der Waals surface area contributed by atoms with Crippen molar-refractivity contribution in [1.29, 1.82) is 0 Å². The number of rotatable bonds is 7. The minimum atomic E-state index is -6.09. The van der Waals surface area contributed by atoms with Crippen LogP contribution < -0.4 is 0 Å². The minimum Gasteiger partial charge on any atom is -0.741 e. The summed E-state index contributed by atoms with van der Waals surface area (Å²) in [7, 11) is -3.76. The minimum absolute atomic E-state index is 0.109. The van der Waals surface area contributed by atoms with Crippen LogP contribution in [0.25, 0.3) is 0 Å². The average molecular weight is 484 g/mol. The van der Waals surface area contributed by atoms with Gasteiger partial charge in [-0.1, -0.05) is 0 Å². The molecule has 0 radical (unpaired) electrons. The molecule has 0 bridgehead atoms. The number of aromatic hydroxyl groups is 1. The highest BCUT2D eigenvalue weighted by atomic mass is 32.2. The number of hydrogen-bond donors (Lipinski definition) is 1. The maximum Gasteiger partial charge on any atom is 0.485 e. The van der Waals surface area contributed by atoms with Gasteiger partial charge in [0.25, 0.3) is 6.29 Å². The Kier molecular flexibility index (Phi) is 9.13. The van der Waals surface area contributed by atoms with Gasteiger partial charge in [0.15, 0.2) is 15.8 Å². The molecule has 1 saturated heterocycles. The normalized spacial score (nSPS) is 18.4. The molecule has 0 atom stereocenters. The molecule has 182 valence electrons. The van der Waals surface area contributed by atoms with E-state index in [1.54, 1.807) is 6.07 Å². The third-order valence-corrected chi connectivity index (χ3v) is 5.68. The van der Waals surface area contributed by atoms with Crippen molar-refractivity contribution in [2.24, 2.45) is 0 Å². The fourth-order valence-corrected chi connectivity index (χ4v) is 3.17. The molecule has 3 rings (SSSR count). The zero-order valence-corrected chi connectivity index (χ0v) is 18.4. The van der Waals surface area contributed by atoms with E-state index in [1.807, 2.05) is 6.07 Å². The van der Waals surface area contributed by atoms with Gasteiger partial charge >= 0.3 is 5.51 Å². The fraction of sp³-hybridized carbons (Fsp3) is 0.632. The first-order valence-electron chi connectivity index (χ1n) is 9.99. The molecule has 0 spiro atoms. The van der Waals surface area contributed by atoms with E-state index >= 15 is 0 Å². The summed E-state index contributed by atoms with van der Waals surface area (Å²) in [5.74, 6) is 0.109. The molecule has 0 aliphatic carbocycles. The van der Waals surface area contributed by atoms with Crippen molar-refractivity contribution in [3.05, 3.63) is 36.0 Å². The smallest absolute Gasteiger partial charge is 0.485 e. The third-order valence-electron chi connectivity index (χ3n) is 5.11. The number of halogens is 3. The van der Waals surface area contributed by atoms with Crippen molar-refractivity contribution in [1.82, 2.24) is 4.98 Å². The number of nitrogens with zero attached hydrogens (tertiary/aromatic N) is 2. The van der Waals surface area contributed by atoms with Gasteiger partial charge in [-0.3, -0.25) is 0 Å². The molecule has 0 unspecified atom stereocenters. The standard InChI is InChI=1S/C18H26N2O4.CHF3O3S/c1-20(9-11-22-12-10-20)8-4-2-3-5-15-6-7-16(21)17(19-15)18-23-13-14-24-18;2-1(3,4)8(5,6)7/h6-7,13-14,18H,2-5,8-12H2,1H3;(H,5,6,7). The van der Waals surface area contributed by atoms with E-state index in [0.717, 1.165) is 49.3 Å². The lowest BCUT2D eigenvalue weighted by molar-refractivity contribution is -0.917. The lowest BCUT2D eigenvalue weighted by atomic mass is 10.1. The van der Waals surface area contributed by atoms with Crippen LogP contribution in [0.2, 0.25) is 0 Å². The predicted molar refractivity (Wildman–Crippen MR) is 105 cm³/mol. The SMILES string of the molecule is C[N+]1(CCCCCc2ccc(O)c(C3OC=CO3)n2)CCOCC1.O=S(=O)([O-])C(F)(F)F. The van der Waals surface area contributed by atoms with E-state index in [2.05, 4.69) is 12.0 Å². The second-order valence-electron chi connectivity index (χ2n) is 7.70. The molecule has 0 amide bonds. The van der Waals surface area contributed by atoms with Crippen LogP contribution in [-0.2, 0) is 30.7 Å². The predicted octanol–water partition coefficient (Wildman–Crippen LogP) is 2.54.